The number of hydrogen-bond donors (Lipinski definition) is 2. The molecule has 0 saturated carbocycles. The highest BCUT2D eigenvalue weighted by atomic mass is 16.5. The minimum Gasteiger partial charge on any atom is -0.379 e. The van der Waals surface area contributed by atoms with Crippen LogP contribution in [-0.4, -0.2) is 64.3 Å². The van der Waals surface area contributed by atoms with Crippen molar-refractivity contribution in [2.24, 2.45) is 0 Å². The van der Waals surface area contributed by atoms with E-state index in [9.17, 15) is 9.59 Å². The minimum absolute atomic E-state index is 0.0268. The average molecular weight is 435 g/mol. The van der Waals surface area contributed by atoms with E-state index in [1.54, 1.807) is 29.2 Å². The number of aromatic nitrogens is 3. The number of ether oxygens (including phenoxy) is 1. The van der Waals surface area contributed by atoms with Gasteiger partial charge in [0.05, 0.1) is 18.8 Å². The van der Waals surface area contributed by atoms with Crippen molar-refractivity contribution < 1.29 is 14.3 Å². The molecule has 0 spiro atoms. The van der Waals surface area contributed by atoms with Gasteiger partial charge in [-0.25, -0.2) is 9.67 Å². The van der Waals surface area contributed by atoms with Gasteiger partial charge in [0.1, 0.15) is 0 Å². The van der Waals surface area contributed by atoms with Gasteiger partial charge in [-0.2, -0.15) is 5.10 Å². The van der Waals surface area contributed by atoms with Crippen molar-refractivity contribution in [3.05, 3.63) is 72.2 Å². The summed E-state index contributed by atoms with van der Waals surface area (Å²) in [6.07, 6.45) is 5.42. The molecule has 0 aliphatic carbocycles. The predicted molar refractivity (Wildman–Crippen MR) is 119 cm³/mol. The summed E-state index contributed by atoms with van der Waals surface area (Å²) >= 11 is 0. The fourth-order valence-corrected chi connectivity index (χ4v) is 3.41. The molecule has 3 heterocycles. The van der Waals surface area contributed by atoms with Crippen molar-refractivity contribution in [1.29, 1.82) is 0 Å². The molecule has 2 N–H and O–H groups in total. The van der Waals surface area contributed by atoms with Crippen LogP contribution in [0.3, 0.4) is 0 Å². The maximum Gasteiger partial charge on any atom is 0.253 e. The smallest absolute Gasteiger partial charge is 0.253 e. The van der Waals surface area contributed by atoms with E-state index in [0.29, 0.717) is 30.0 Å². The van der Waals surface area contributed by atoms with E-state index in [1.165, 1.54) is 6.20 Å². The maximum atomic E-state index is 12.5. The Morgan fingerprint density at radius 3 is 2.72 bits per heavy atom. The summed E-state index contributed by atoms with van der Waals surface area (Å²) in [5.41, 5.74) is 2.08. The van der Waals surface area contributed by atoms with Gasteiger partial charge in [0.15, 0.2) is 5.82 Å². The second-order valence-electron chi connectivity index (χ2n) is 7.49. The molecule has 1 saturated heterocycles. The summed E-state index contributed by atoms with van der Waals surface area (Å²) in [4.78, 5) is 31.2. The van der Waals surface area contributed by atoms with Gasteiger partial charge < -0.3 is 15.4 Å². The Morgan fingerprint density at radius 2 is 1.97 bits per heavy atom. The van der Waals surface area contributed by atoms with Crippen LogP contribution in [0.2, 0.25) is 0 Å². The summed E-state index contributed by atoms with van der Waals surface area (Å²) in [7, 11) is 0. The Hall–Kier alpha value is -3.56. The van der Waals surface area contributed by atoms with Gasteiger partial charge in [-0.1, -0.05) is 12.1 Å². The van der Waals surface area contributed by atoms with Crippen molar-refractivity contribution in [3.8, 4) is 5.82 Å². The van der Waals surface area contributed by atoms with E-state index in [1.807, 2.05) is 30.3 Å². The molecule has 0 radical (unpaired) electrons. The zero-order valence-corrected chi connectivity index (χ0v) is 17.7. The van der Waals surface area contributed by atoms with Crippen molar-refractivity contribution >= 4 is 17.5 Å². The van der Waals surface area contributed by atoms with Crippen LogP contribution in [0, 0.1) is 0 Å². The number of hydrogen-bond acceptors (Lipinski definition) is 6. The van der Waals surface area contributed by atoms with Crippen LogP contribution in [-0.2, 0) is 16.1 Å². The fraction of sp³-hybridized carbons (Fsp3) is 0.304. The van der Waals surface area contributed by atoms with Crippen molar-refractivity contribution in [2.45, 2.75) is 13.0 Å². The lowest BCUT2D eigenvalue weighted by Crippen LogP contribution is -2.38. The number of rotatable bonds is 8. The fourth-order valence-electron chi connectivity index (χ4n) is 3.41. The Kier molecular flexibility index (Phi) is 7.21. The number of nitrogens with zero attached hydrogens (tertiary/aromatic N) is 4. The molecule has 9 heteroatoms. The first-order valence-electron chi connectivity index (χ1n) is 10.6. The van der Waals surface area contributed by atoms with E-state index in [0.717, 1.165) is 38.4 Å². The molecule has 1 fully saturated rings. The molecule has 0 unspecified atom stereocenters. The van der Waals surface area contributed by atoms with Crippen LogP contribution in [0.5, 0.6) is 0 Å². The van der Waals surface area contributed by atoms with Gasteiger partial charge >= 0.3 is 0 Å². The van der Waals surface area contributed by atoms with Gasteiger partial charge in [0, 0.05) is 56.9 Å². The third kappa shape index (κ3) is 5.99. The molecule has 166 valence electrons. The highest BCUT2D eigenvalue weighted by Gasteiger charge is 2.12. The average Bonchev–Trinajstić information content (AvgIpc) is 3.37. The standard InChI is InChI=1S/C23H26N6O3/c30-22(7-10-28-11-13-32-14-12-28)27-20-4-1-3-18(15-20)16-25-23(31)19-5-6-21(24-17-19)29-9-2-8-26-29/h1-6,8-9,15,17H,7,10-14,16H2,(H,25,31)(H,27,30). The molecule has 32 heavy (non-hydrogen) atoms. The van der Waals surface area contributed by atoms with Gasteiger partial charge in [-0.3, -0.25) is 14.5 Å². The molecule has 4 rings (SSSR count). The molecule has 0 bridgehead atoms. The highest BCUT2D eigenvalue weighted by Crippen LogP contribution is 2.12. The van der Waals surface area contributed by atoms with E-state index in [-0.39, 0.29) is 11.8 Å². The van der Waals surface area contributed by atoms with Crippen LogP contribution >= 0.6 is 0 Å². The molecular weight excluding hydrogens is 408 g/mol. The molecule has 2 amide bonds. The van der Waals surface area contributed by atoms with Gasteiger partial charge in [-0.15, -0.1) is 0 Å². The summed E-state index contributed by atoms with van der Waals surface area (Å²) in [5.74, 6) is 0.397. The van der Waals surface area contributed by atoms with Crippen LogP contribution in [0.15, 0.2) is 61.1 Å². The topological polar surface area (TPSA) is 101 Å². The highest BCUT2D eigenvalue weighted by molar-refractivity contribution is 5.94. The molecule has 1 aliphatic heterocycles. The van der Waals surface area contributed by atoms with Gasteiger partial charge in [0.25, 0.3) is 5.91 Å². The predicted octanol–water partition coefficient (Wildman–Crippen LogP) is 1.86. The first-order valence-corrected chi connectivity index (χ1v) is 10.6. The van der Waals surface area contributed by atoms with E-state index < -0.39 is 0 Å². The first-order chi connectivity index (χ1) is 15.7. The monoisotopic (exact) mass is 434 g/mol. The lowest BCUT2D eigenvalue weighted by atomic mass is 10.2. The zero-order chi connectivity index (χ0) is 22.2. The summed E-state index contributed by atoms with van der Waals surface area (Å²) in [6, 6.07) is 12.7. The molecule has 2 aromatic heterocycles. The lowest BCUT2D eigenvalue weighted by molar-refractivity contribution is -0.116. The van der Waals surface area contributed by atoms with Crippen LogP contribution in [0.25, 0.3) is 5.82 Å². The second-order valence-corrected chi connectivity index (χ2v) is 7.49. The number of carbonyl (C=O) groups excluding carboxylic acids is 2. The lowest BCUT2D eigenvalue weighted by Gasteiger charge is -2.26. The second kappa shape index (κ2) is 10.7. The summed E-state index contributed by atoms with van der Waals surface area (Å²) in [6.45, 7) is 4.24. The zero-order valence-electron chi connectivity index (χ0n) is 17.7. The number of anilines is 1. The molecule has 9 nitrogen and oxygen atoms in total. The maximum absolute atomic E-state index is 12.5. The van der Waals surface area contributed by atoms with Crippen molar-refractivity contribution in [1.82, 2.24) is 25.0 Å². The SMILES string of the molecule is O=C(CCN1CCOCC1)Nc1cccc(CNC(=O)c2ccc(-n3cccn3)nc2)c1. The van der Waals surface area contributed by atoms with E-state index in [4.69, 9.17) is 4.74 Å². The van der Waals surface area contributed by atoms with Crippen LogP contribution in [0.4, 0.5) is 5.69 Å². The molecule has 1 aliphatic rings. The number of morpholine rings is 1. The third-order valence-electron chi connectivity index (χ3n) is 5.17. The number of amides is 2. The Labute approximate surface area is 186 Å². The third-order valence-corrected chi connectivity index (χ3v) is 5.17. The minimum atomic E-state index is -0.218. The largest absolute Gasteiger partial charge is 0.379 e. The molecule has 0 atom stereocenters. The number of pyridine rings is 1. The van der Waals surface area contributed by atoms with Gasteiger partial charge in [-0.05, 0) is 35.9 Å². The number of nitrogens with one attached hydrogen (secondary N) is 2. The summed E-state index contributed by atoms with van der Waals surface area (Å²) in [5, 5.41) is 9.94. The van der Waals surface area contributed by atoms with E-state index in [2.05, 4.69) is 25.6 Å². The van der Waals surface area contributed by atoms with Crippen molar-refractivity contribution in [2.75, 3.05) is 38.2 Å². The molecule has 1 aromatic carbocycles. The normalized spacial score (nSPS) is 14.1. The molecule has 3 aromatic rings. The number of benzene rings is 1. The number of carbonyl (C=O) groups is 2. The summed E-state index contributed by atoms with van der Waals surface area (Å²) < 4.78 is 6.95. The van der Waals surface area contributed by atoms with Crippen molar-refractivity contribution in [3.63, 3.8) is 0 Å². The van der Waals surface area contributed by atoms with Gasteiger partial charge in [0.2, 0.25) is 5.91 Å². The van der Waals surface area contributed by atoms with Crippen LogP contribution in [0.1, 0.15) is 22.3 Å². The Balaban J connectivity index is 1.26. The Morgan fingerprint density at radius 1 is 1.09 bits per heavy atom. The first kappa shape index (κ1) is 21.7. The Bertz CT molecular complexity index is 1030. The van der Waals surface area contributed by atoms with Crippen LogP contribution < -0.4 is 10.6 Å². The molecular formula is C23H26N6O3. The quantitative estimate of drug-likeness (QED) is 0.561. The van der Waals surface area contributed by atoms with E-state index >= 15 is 0 Å².